The number of aliphatic imine (C=N–C) groups is 1. The Morgan fingerprint density at radius 2 is 2.00 bits per heavy atom. The van der Waals surface area contributed by atoms with E-state index in [1.165, 1.54) is 16.7 Å². The van der Waals surface area contributed by atoms with Crippen LogP contribution in [0.15, 0.2) is 17.1 Å². The number of aryl methyl sites for hydroxylation is 2. The Labute approximate surface area is 126 Å². The fourth-order valence-corrected chi connectivity index (χ4v) is 2.86. The van der Waals surface area contributed by atoms with Gasteiger partial charge in [-0.1, -0.05) is 27.2 Å². The molecule has 4 nitrogen and oxygen atoms in total. The predicted octanol–water partition coefficient (Wildman–Crippen LogP) is 2.39. The topological polar surface area (TPSA) is 64.7 Å². The average molecular weight is 288 g/mol. The molecule has 0 saturated heterocycles. The SMILES string of the molecule is CCCc1cc(C2=NC(C(N)=O)CO2)cc(CC)c1CC. The number of benzene rings is 1. The quantitative estimate of drug-likeness (QED) is 0.873. The van der Waals surface area contributed by atoms with E-state index in [1.54, 1.807) is 0 Å². The van der Waals surface area contributed by atoms with E-state index in [2.05, 4.69) is 37.9 Å². The number of amides is 1. The van der Waals surface area contributed by atoms with Gasteiger partial charge in [0.25, 0.3) is 0 Å². The molecule has 1 amide bonds. The smallest absolute Gasteiger partial charge is 0.245 e. The molecule has 21 heavy (non-hydrogen) atoms. The zero-order valence-electron chi connectivity index (χ0n) is 13.1. The molecule has 1 aromatic rings. The normalized spacial score (nSPS) is 17.5. The lowest BCUT2D eigenvalue weighted by molar-refractivity contribution is -0.119. The molecule has 1 aromatic carbocycles. The van der Waals surface area contributed by atoms with Crippen LogP contribution >= 0.6 is 0 Å². The molecule has 0 aliphatic carbocycles. The van der Waals surface area contributed by atoms with Crippen molar-refractivity contribution < 1.29 is 9.53 Å². The van der Waals surface area contributed by atoms with Crippen molar-refractivity contribution >= 4 is 11.8 Å². The van der Waals surface area contributed by atoms with Crippen LogP contribution in [0.2, 0.25) is 0 Å². The lowest BCUT2D eigenvalue weighted by Crippen LogP contribution is -2.27. The summed E-state index contributed by atoms with van der Waals surface area (Å²) in [6, 6.07) is 3.75. The van der Waals surface area contributed by atoms with Crippen molar-refractivity contribution in [3.63, 3.8) is 0 Å². The van der Waals surface area contributed by atoms with Crippen molar-refractivity contribution in [2.45, 2.75) is 52.5 Å². The van der Waals surface area contributed by atoms with Gasteiger partial charge in [0.05, 0.1) is 0 Å². The van der Waals surface area contributed by atoms with Gasteiger partial charge in [-0.3, -0.25) is 4.79 Å². The van der Waals surface area contributed by atoms with Crippen LogP contribution in [0.3, 0.4) is 0 Å². The molecule has 1 heterocycles. The van der Waals surface area contributed by atoms with Gasteiger partial charge in [-0.05, 0) is 48.1 Å². The van der Waals surface area contributed by atoms with E-state index in [9.17, 15) is 4.79 Å². The first-order valence-electron chi connectivity index (χ1n) is 7.75. The number of hydrogen-bond donors (Lipinski definition) is 1. The molecular weight excluding hydrogens is 264 g/mol. The first kappa shape index (κ1) is 15.5. The maximum absolute atomic E-state index is 11.2. The van der Waals surface area contributed by atoms with Gasteiger partial charge in [0.15, 0.2) is 6.04 Å². The second-order valence-corrected chi connectivity index (χ2v) is 5.39. The van der Waals surface area contributed by atoms with Crippen LogP contribution in [0.5, 0.6) is 0 Å². The van der Waals surface area contributed by atoms with Crippen molar-refractivity contribution in [1.29, 1.82) is 0 Å². The Kier molecular flexibility index (Phi) is 4.99. The number of hydrogen-bond acceptors (Lipinski definition) is 3. The molecule has 4 heteroatoms. The first-order chi connectivity index (χ1) is 10.1. The maximum atomic E-state index is 11.2. The first-order valence-corrected chi connectivity index (χ1v) is 7.75. The van der Waals surface area contributed by atoms with E-state index in [-0.39, 0.29) is 6.61 Å². The molecule has 1 aliphatic rings. The molecule has 0 aromatic heterocycles. The molecule has 0 spiro atoms. The lowest BCUT2D eigenvalue weighted by Gasteiger charge is -2.15. The van der Waals surface area contributed by atoms with Crippen LogP contribution in [0.1, 0.15) is 49.4 Å². The van der Waals surface area contributed by atoms with Crippen molar-refractivity contribution in [3.8, 4) is 0 Å². The molecule has 1 unspecified atom stereocenters. The highest BCUT2D eigenvalue weighted by molar-refractivity contribution is 5.98. The summed E-state index contributed by atoms with van der Waals surface area (Å²) in [5.41, 5.74) is 10.4. The monoisotopic (exact) mass is 288 g/mol. The standard InChI is InChI=1S/C17H24N2O2/c1-4-7-12-9-13(8-11(5-2)14(12)6-3)17-19-15(10-21-17)16(18)20/h8-9,15H,4-7,10H2,1-3H3,(H2,18,20). The zero-order valence-corrected chi connectivity index (χ0v) is 13.1. The molecule has 0 bridgehead atoms. The number of nitrogens with zero attached hydrogens (tertiary/aromatic N) is 1. The summed E-state index contributed by atoms with van der Waals surface area (Å²) < 4.78 is 5.57. The van der Waals surface area contributed by atoms with Gasteiger partial charge in [0, 0.05) is 5.56 Å². The Morgan fingerprint density at radius 3 is 2.52 bits per heavy atom. The Balaban J connectivity index is 2.43. The van der Waals surface area contributed by atoms with Gasteiger partial charge < -0.3 is 10.5 Å². The number of rotatable bonds is 6. The predicted molar refractivity (Wildman–Crippen MR) is 84.7 cm³/mol. The van der Waals surface area contributed by atoms with Crippen LogP contribution in [-0.4, -0.2) is 24.5 Å². The van der Waals surface area contributed by atoms with Gasteiger partial charge in [0.2, 0.25) is 11.8 Å². The van der Waals surface area contributed by atoms with Crippen LogP contribution < -0.4 is 5.73 Å². The Morgan fingerprint density at radius 1 is 1.29 bits per heavy atom. The Bertz CT molecular complexity index is 564. The minimum atomic E-state index is -0.550. The number of carbonyl (C=O) groups excluding carboxylic acids is 1. The van der Waals surface area contributed by atoms with Crippen molar-refractivity contribution in [3.05, 3.63) is 34.4 Å². The van der Waals surface area contributed by atoms with E-state index in [4.69, 9.17) is 10.5 Å². The van der Waals surface area contributed by atoms with E-state index in [0.717, 1.165) is 31.2 Å². The summed E-state index contributed by atoms with van der Waals surface area (Å²) in [7, 11) is 0. The molecular formula is C17H24N2O2. The van der Waals surface area contributed by atoms with Crippen molar-refractivity contribution in [2.75, 3.05) is 6.61 Å². The third-order valence-corrected chi connectivity index (χ3v) is 3.91. The fraction of sp³-hybridized carbons (Fsp3) is 0.529. The highest BCUT2D eigenvalue weighted by atomic mass is 16.5. The van der Waals surface area contributed by atoms with Gasteiger partial charge in [0.1, 0.15) is 6.61 Å². The van der Waals surface area contributed by atoms with E-state index < -0.39 is 11.9 Å². The molecule has 0 radical (unpaired) electrons. The van der Waals surface area contributed by atoms with Crippen LogP contribution in [0, 0.1) is 0 Å². The lowest BCUT2D eigenvalue weighted by atomic mass is 9.92. The molecule has 114 valence electrons. The second kappa shape index (κ2) is 6.74. The Hall–Kier alpha value is -1.84. The number of nitrogens with two attached hydrogens (primary N) is 1. The largest absolute Gasteiger partial charge is 0.475 e. The molecule has 0 fully saturated rings. The van der Waals surface area contributed by atoms with Crippen LogP contribution in [0.25, 0.3) is 0 Å². The zero-order chi connectivity index (χ0) is 15.4. The van der Waals surface area contributed by atoms with E-state index in [0.29, 0.717) is 5.90 Å². The molecule has 2 rings (SSSR count). The van der Waals surface area contributed by atoms with Gasteiger partial charge in [-0.15, -0.1) is 0 Å². The number of primary amides is 1. The van der Waals surface area contributed by atoms with Gasteiger partial charge in [-0.2, -0.15) is 0 Å². The van der Waals surface area contributed by atoms with Crippen molar-refractivity contribution in [2.24, 2.45) is 10.7 Å². The van der Waals surface area contributed by atoms with E-state index in [1.807, 2.05) is 0 Å². The summed E-state index contributed by atoms with van der Waals surface area (Å²) in [5, 5.41) is 0. The highest BCUT2D eigenvalue weighted by Gasteiger charge is 2.25. The third-order valence-electron chi connectivity index (χ3n) is 3.91. The second-order valence-electron chi connectivity index (χ2n) is 5.39. The minimum Gasteiger partial charge on any atom is -0.475 e. The van der Waals surface area contributed by atoms with E-state index >= 15 is 0 Å². The number of ether oxygens (including phenoxy) is 1. The van der Waals surface area contributed by atoms with Crippen molar-refractivity contribution in [1.82, 2.24) is 0 Å². The van der Waals surface area contributed by atoms with Gasteiger partial charge in [-0.25, -0.2) is 4.99 Å². The molecule has 2 N–H and O–H groups in total. The summed E-state index contributed by atoms with van der Waals surface area (Å²) in [4.78, 5) is 15.5. The molecule has 1 atom stereocenters. The summed E-state index contributed by atoms with van der Waals surface area (Å²) >= 11 is 0. The maximum Gasteiger partial charge on any atom is 0.245 e. The molecule has 0 saturated carbocycles. The fourth-order valence-electron chi connectivity index (χ4n) is 2.86. The third kappa shape index (κ3) is 3.26. The summed E-state index contributed by atoms with van der Waals surface area (Å²) in [5.74, 6) is 0.119. The highest BCUT2D eigenvalue weighted by Crippen LogP contribution is 2.23. The number of carbonyl (C=O) groups is 1. The van der Waals surface area contributed by atoms with Crippen LogP contribution in [-0.2, 0) is 28.8 Å². The summed E-state index contributed by atoms with van der Waals surface area (Å²) in [6.07, 6.45) is 4.18. The molecule has 1 aliphatic heterocycles. The van der Waals surface area contributed by atoms with Crippen LogP contribution in [0.4, 0.5) is 0 Å². The average Bonchev–Trinajstić information content (AvgIpc) is 2.96. The summed E-state index contributed by atoms with van der Waals surface area (Å²) in [6.45, 7) is 6.80. The van der Waals surface area contributed by atoms with Gasteiger partial charge >= 0.3 is 0 Å². The minimum absolute atomic E-state index is 0.255.